The van der Waals surface area contributed by atoms with E-state index in [1.807, 2.05) is 13.1 Å². The fourth-order valence-corrected chi connectivity index (χ4v) is 3.69. The van der Waals surface area contributed by atoms with Crippen molar-refractivity contribution in [2.45, 2.75) is 38.3 Å². The molecule has 0 aliphatic carbocycles. The summed E-state index contributed by atoms with van der Waals surface area (Å²) in [5.41, 5.74) is 2.13. The highest BCUT2D eigenvalue weighted by Crippen LogP contribution is 2.31. The monoisotopic (exact) mass is 289 g/mol. The van der Waals surface area contributed by atoms with Gasteiger partial charge < -0.3 is 15.3 Å². The molecule has 4 heteroatoms. The largest absolute Gasteiger partial charge is 0.508 e. The van der Waals surface area contributed by atoms with Crippen molar-refractivity contribution in [2.24, 2.45) is 0 Å². The zero-order valence-corrected chi connectivity index (χ0v) is 13.2. The highest BCUT2D eigenvalue weighted by atomic mass is 16.3. The van der Waals surface area contributed by atoms with Gasteiger partial charge in [-0.3, -0.25) is 4.90 Å². The Labute approximate surface area is 127 Å². The van der Waals surface area contributed by atoms with Crippen molar-refractivity contribution in [3.05, 3.63) is 23.8 Å². The third kappa shape index (κ3) is 3.01. The van der Waals surface area contributed by atoms with E-state index >= 15 is 0 Å². The van der Waals surface area contributed by atoms with Crippen LogP contribution in [0, 0.1) is 0 Å². The lowest BCUT2D eigenvalue weighted by Crippen LogP contribution is -2.36. The van der Waals surface area contributed by atoms with Crippen LogP contribution in [0.4, 0.5) is 5.69 Å². The average Bonchev–Trinajstić information content (AvgIpc) is 2.83. The minimum Gasteiger partial charge on any atom is -0.508 e. The van der Waals surface area contributed by atoms with Gasteiger partial charge in [-0.2, -0.15) is 0 Å². The minimum atomic E-state index is 0.175. The first-order valence-electron chi connectivity index (χ1n) is 8.18. The molecule has 2 heterocycles. The first-order valence-corrected chi connectivity index (χ1v) is 8.18. The number of phenols is 1. The number of nitrogens with zero attached hydrogens (tertiary/aromatic N) is 2. The molecule has 1 aromatic carbocycles. The maximum atomic E-state index is 10.3. The maximum Gasteiger partial charge on any atom is 0.122 e. The number of phenolic OH excluding ortho intramolecular Hbond substituents is 1. The molecular weight excluding hydrogens is 262 g/mol. The topological polar surface area (TPSA) is 38.7 Å². The quantitative estimate of drug-likeness (QED) is 0.896. The Morgan fingerprint density at radius 2 is 2.05 bits per heavy atom. The first kappa shape index (κ1) is 14.7. The lowest BCUT2D eigenvalue weighted by Gasteiger charge is -2.28. The Hall–Kier alpha value is -1.26. The zero-order chi connectivity index (χ0) is 14.8. The number of aromatic hydroxyl groups is 1. The SMILES string of the molecule is CNC(C)c1ccc(N2CCCN3CCCC3C2)cc1O. The van der Waals surface area contributed by atoms with E-state index in [0.717, 1.165) is 24.3 Å². The van der Waals surface area contributed by atoms with Crippen LogP contribution in [0.2, 0.25) is 0 Å². The normalized spacial score (nSPS) is 24.7. The Morgan fingerprint density at radius 1 is 1.24 bits per heavy atom. The van der Waals surface area contributed by atoms with Gasteiger partial charge in [0.15, 0.2) is 0 Å². The summed E-state index contributed by atoms with van der Waals surface area (Å²) in [6.07, 6.45) is 3.87. The number of anilines is 1. The van der Waals surface area contributed by atoms with Crippen LogP contribution in [0.25, 0.3) is 0 Å². The summed E-state index contributed by atoms with van der Waals surface area (Å²) in [7, 11) is 1.92. The van der Waals surface area contributed by atoms with Crippen molar-refractivity contribution < 1.29 is 5.11 Å². The molecule has 0 saturated carbocycles. The Bertz CT molecular complexity index is 491. The van der Waals surface area contributed by atoms with Crippen LogP contribution >= 0.6 is 0 Å². The number of hydrogen-bond donors (Lipinski definition) is 2. The van der Waals surface area contributed by atoms with Crippen molar-refractivity contribution in [1.82, 2.24) is 10.2 Å². The highest BCUT2D eigenvalue weighted by molar-refractivity contribution is 5.54. The smallest absolute Gasteiger partial charge is 0.122 e. The molecule has 116 valence electrons. The van der Waals surface area contributed by atoms with E-state index in [1.165, 1.54) is 32.4 Å². The summed E-state index contributed by atoms with van der Waals surface area (Å²) in [6.45, 7) is 6.75. The molecule has 3 rings (SSSR count). The van der Waals surface area contributed by atoms with Gasteiger partial charge in [-0.1, -0.05) is 6.07 Å². The maximum absolute atomic E-state index is 10.3. The van der Waals surface area contributed by atoms with Crippen LogP contribution in [0.1, 0.15) is 37.8 Å². The molecule has 2 atom stereocenters. The average molecular weight is 289 g/mol. The standard InChI is InChI=1S/C17H27N3O/c1-13(18-2)16-7-6-14(11-17(16)21)20-10-4-9-19-8-3-5-15(19)12-20/h6-7,11,13,15,18,21H,3-5,8-10,12H2,1-2H3. The second kappa shape index (κ2) is 6.24. The van der Waals surface area contributed by atoms with E-state index in [9.17, 15) is 5.11 Å². The molecule has 4 nitrogen and oxygen atoms in total. The van der Waals surface area contributed by atoms with Crippen molar-refractivity contribution in [2.75, 3.05) is 38.1 Å². The molecule has 2 aliphatic rings. The molecule has 0 bridgehead atoms. The van der Waals surface area contributed by atoms with Gasteiger partial charge in [0.05, 0.1) is 0 Å². The summed E-state index contributed by atoms with van der Waals surface area (Å²) in [5.74, 6) is 0.405. The molecular formula is C17H27N3O. The van der Waals surface area contributed by atoms with Crippen LogP contribution in [0.5, 0.6) is 5.75 Å². The van der Waals surface area contributed by atoms with Crippen molar-refractivity contribution >= 4 is 5.69 Å². The van der Waals surface area contributed by atoms with Gasteiger partial charge in [-0.25, -0.2) is 0 Å². The summed E-state index contributed by atoms with van der Waals surface area (Å²) in [5, 5.41) is 13.5. The molecule has 1 aromatic rings. The molecule has 21 heavy (non-hydrogen) atoms. The van der Waals surface area contributed by atoms with E-state index in [2.05, 4.69) is 34.2 Å². The van der Waals surface area contributed by atoms with Gasteiger partial charge in [0.1, 0.15) is 5.75 Å². The number of benzene rings is 1. The lowest BCUT2D eigenvalue weighted by molar-refractivity contribution is 0.273. The van der Waals surface area contributed by atoms with Gasteiger partial charge in [0, 0.05) is 49.0 Å². The number of nitrogens with one attached hydrogen (secondary N) is 1. The van der Waals surface area contributed by atoms with E-state index in [4.69, 9.17) is 0 Å². The number of hydrogen-bond acceptors (Lipinski definition) is 4. The number of rotatable bonds is 3. The lowest BCUT2D eigenvalue weighted by atomic mass is 10.1. The molecule has 2 N–H and O–H groups in total. The summed E-state index contributed by atoms with van der Waals surface area (Å²) >= 11 is 0. The fraction of sp³-hybridized carbons (Fsp3) is 0.647. The third-order valence-corrected chi connectivity index (χ3v) is 5.08. The molecule has 2 unspecified atom stereocenters. The van der Waals surface area contributed by atoms with Gasteiger partial charge in [-0.05, 0) is 45.8 Å². The fourth-order valence-electron chi connectivity index (χ4n) is 3.69. The minimum absolute atomic E-state index is 0.175. The van der Waals surface area contributed by atoms with Gasteiger partial charge in [0.2, 0.25) is 0 Å². The Kier molecular flexibility index (Phi) is 4.36. The summed E-state index contributed by atoms with van der Waals surface area (Å²) in [4.78, 5) is 5.08. The van der Waals surface area contributed by atoms with Crippen LogP contribution < -0.4 is 10.2 Å². The summed E-state index contributed by atoms with van der Waals surface area (Å²) in [6, 6.07) is 7.03. The summed E-state index contributed by atoms with van der Waals surface area (Å²) < 4.78 is 0. The third-order valence-electron chi connectivity index (χ3n) is 5.08. The van der Waals surface area contributed by atoms with E-state index in [1.54, 1.807) is 0 Å². The Balaban J connectivity index is 1.78. The van der Waals surface area contributed by atoms with Crippen LogP contribution in [0.3, 0.4) is 0 Å². The molecule has 2 fully saturated rings. The van der Waals surface area contributed by atoms with Crippen LogP contribution in [-0.2, 0) is 0 Å². The van der Waals surface area contributed by atoms with Crippen molar-refractivity contribution in [3.8, 4) is 5.75 Å². The molecule has 0 radical (unpaired) electrons. The van der Waals surface area contributed by atoms with Crippen LogP contribution in [0.15, 0.2) is 18.2 Å². The van der Waals surface area contributed by atoms with Crippen molar-refractivity contribution in [1.29, 1.82) is 0 Å². The molecule has 0 aromatic heterocycles. The predicted molar refractivity (Wildman–Crippen MR) is 87.0 cm³/mol. The molecule has 0 amide bonds. The van der Waals surface area contributed by atoms with Crippen molar-refractivity contribution in [3.63, 3.8) is 0 Å². The molecule has 0 spiro atoms. The Morgan fingerprint density at radius 3 is 2.81 bits per heavy atom. The highest BCUT2D eigenvalue weighted by Gasteiger charge is 2.29. The molecule has 2 saturated heterocycles. The van der Waals surface area contributed by atoms with Crippen LogP contribution in [-0.4, -0.2) is 49.3 Å². The second-order valence-electron chi connectivity index (χ2n) is 6.39. The molecule has 2 aliphatic heterocycles. The first-order chi connectivity index (χ1) is 10.2. The number of fused-ring (bicyclic) bond motifs is 1. The zero-order valence-electron chi connectivity index (χ0n) is 13.2. The van der Waals surface area contributed by atoms with E-state index < -0.39 is 0 Å². The predicted octanol–water partition coefficient (Wildman–Crippen LogP) is 2.35. The second-order valence-corrected chi connectivity index (χ2v) is 6.39. The van der Waals surface area contributed by atoms with E-state index in [0.29, 0.717) is 11.8 Å². The van der Waals surface area contributed by atoms with E-state index in [-0.39, 0.29) is 6.04 Å². The van der Waals surface area contributed by atoms with Gasteiger partial charge in [0.25, 0.3) is 0 Å². The van der Waals surface area contributed by atoms with Gasteiger partial charge in [-0.15, -0.1) is 0 Å². The van der Waals surface area contributed by atoms with Gasteiger partial charge >= 0.3 is 0 Å².